The second-order valence-electron chi connectivity index (χ2n) is 7.28. The van der Waals surface area contributed by atoms with Crippen molar-refractivity contribution in [3.05, 3.63) is 53.9 Å². The Morgan fingerprint density at radius 1 is 1.15 bits per heavy atom. The Morgan fingerprint density at radius 3 is 2.44 bits per heavy atom. The molecule has 0 spiro atoms. The fraction of sp³-hybridized carbons (Fsp3) is 0.350. The third-order valence-corrected chi connectivity index (χ3v) is 5.16. The van der Waals surface area contributed by atoms with E-state index in [1.807, 2.05) is 22.9 Å². The van der Waals surface area contributed by atoms with Crippen LogP contribution in [0.15, 0.2) is 47.7 Å². The Balaban J connectivity index is 1.75. The predicted molar refractivity (Wildman–Crippen MR) is 104 cm³/mol. The van der Waals surface area contributed by atoms with Crippen LogP contribution in [0.4, 0.5) is 10.5 Å². The molecule has 1 fully saturated rings. The van der Waals surface area contributed by atoms with Crippen LogP contribution in [-0.4, -0.2) is 58.4 Å². The molecule has 140 valence electrons. The van der Waals surface area contributed by atoms with Crippen LogP contribution in [-0.2, 0) is 4.79 Å². The lowest BCUT2D eigenvalue weighted by Crippen LogP contribution is -2.64. The summed E-state index contributed by atoms with van der Waals surface area (Å²) in [7, 11) is 1.69. The molecule has 27 heavy (non-hydrogen) atoms. The summed E-state index contributed by atoms with van der Waals surface area (Å²) < 4.78 is 0. The number of fused-ring (bicyclic) bond motifs is 3. The van der Waals surface area contributed by atoms with E-state index in [0.717, 1.165) is 22.5 Å². The van der Waals surface area contributed by atoms with Gasteiger partial charge in [0, 0.05) is 31.2 Å². The number of guanidine groups is 1. The Labute approximate surface area is 158 Å². The third-order valence-electron chi connectivity index (χ3n) is 5.16. The maximum absolute atomic E-state index is 13.0. The van der Waals surface area contributed by atoms with Crippen LogP contribution < -0.4 is 4.90 Å². The normalized spacial score (nSPS) is 24.1. The summed E-state index contributed by atoms with van der Waals surface area (Å²) in [5.41, 5.74) is 4.31. The van der Waals surface area contributed by atoms with Crippen LogP contribution in [0, 0.1) is 13.8 Å². The largest absolute Gasteiger partial charge is 0.328 e. The molecule has 0 N–H and O–H groups in total. The number of allylic oxidation sites excluding steroid dienone is 1. The van der Waals surface area contributed by atoms with Crippen LogP contribution in [0.2, 0.25) is 0 Å². The lowest BCUT2D eigenvalue weighted by atomic mass is 10.1. The number of nitrogens with zero attached hydrogens (tertiary/aromatic N) is 5. The number of aliphatic imine (C=N–C) groups is 1. The fourth-order valence-electron chi connectivity index (χ4n) is 4.05. The van der Waals surface area contributed by atoms with Crippen molar-refractivity contribution in [1.82, 2.24) is 14.7 Å². The number of carbonyl (C=O) groups is 2. The molecule has 4 rings (SSSR count). The van der Waals surface area contributed by atoms with Gasteiger partial charge in [0.15, 0.2) is 12.2 Å². The average molecular weight is 365 g/mol. The van der Waals surface area contributed by atoms with Crippen molar-refractivity contribution >= 4 is 23.6 Å². The Kier molecular flexibility index (Phi) is 3.83. The molecule has 3 aliphatic heterocycles. The van der Waals surface area contributed by atoms with Gasteiger partial charge in [0.25, 0.3) is 5.91 Å². The van der Waals surface area contributed by atoms with Gasteiger partial charge in [0.1, 0.15) is 0 Å². The van der Waals surface area contributed by atoms with Crippen molar-refractivity contribution in [1.29, 1.82) is 0 Å². The molecule has 1 aromatic carbocycles. The van der Waals surface area contributed by atoms with E-state index in [1.165, 1.54) is 9.80 Å². The van der Waals surface area contributed by atoms with E-state index < -0.39 is 12.2 Å². The summed E-state index contributed by atoms with van der Waals surface area (Å²) >= 11 is 0. The van der Waals surface area contributed by atoms with E-state index in [4.69, 9.17) is 4.99 Å². The summed E-state index contributed by atoms with van der Waals surface area (Å²) in [5.74, 6) is 0.439. The van der Waals surface area contributed by atoms with Gasteiger partial charge in [-0.15, -0.1) is 6.58 Å². The van der Waals surface area contributed by atoms with Crippen molar-refractivity contribution in [2.75, 3.05) is 18.5 Å². The molecule has 1 saturated heterocycles. The molecule has 7 heteroatoms. The number of benzene rings is 1. The van der Waals surface area contributed by atoms with Gasteiger partial charge in [-0.2, -0.15) is 0 Å². The molecule has 3 aliphatic rings. The topological polar surface area (TPSA) is 59.5 Å². The monoisotopic (exact) mass is 365 g/mol. The van der Waals surface area contributed by atoms with Crippen LogP contribution >= 0.6 is 0 Å². The van der Waals surface area contributed by atoms with Gasteiger partial charge in [-0.05, 0) is 44.0 Å². The Bertz CT molecular complexity index is 899. The zero-order chi connectivity index (χ0) is 19.5. The summed E-state index contributed by atoms with van der Waals surface area (Å²) in [5, 5.41) is 0. The van der Waals surface area contributed by atoms with Gasteiger partial charge in [-0.3, -0.25) is 14.6 Å². The van der Waals surface area contributed by atoms with Gasteiger partial charge in [-0.25, -0.2) is 9.79 Å². The molecule has 0 saturated carbocycles. The number of anilines is 1. The first kappa shape index (κ1) is 17.3. The summed E-state index contributed by atoms with van der Waals surface area (Å²) in [6, 6.07) is 5.42. The lowest BCUT2D eigenvalue weighted by molar-refractivity contribution is -0.136. The number of rotatable bonds is 3. The molecule has 2 atom stereocenters. The number of likely N-dealkylation sites (N-methyl/N-ethyl adjacent to an activating group) is 1. The number of hydrogen-bond acceptors (Lipinski definition) is 5. The number of carbonyl (C=O) groups excluding carboxylic acids is 2. The van der Waals surface area contributed by atoms with Crippen LogP contribution in [0.25, 0.3) is 0 Å². The van der Waals surface area contributed by atoms with E-state index in [-0.39, 0.29) is 18.5 Å². The lowest BCUT2D eigenvalue weighted by Gasteiger charge is -2.39. The highest BCUT2D eigenvalue weighted by Crippen LogP contribution is 2.36. The van der Waals surface area contributed by atoms with Gasteiger partial charge < -0.3 is 9.80 Å². The number of aryl methyl sites for hydroxylation is 2. The van der Waals surface area contributed by atoms with Crippen molar-refractivity contribution in [3.8, 4) is 0 Å². The Hall–Kier alpha value is -3.09. The summed E-state index contributed by atoms with van der Waals surface area (Å²) in [4.78, 5) is 37.0. The highest BCUT2D eigenvalue weighted by molar-refractivity contribution is 6.10. The van der Waals surface area contributed by atoms with Crippen molar-refractivity contribution in [2.45, 2.75) is 33.0 Å². The minimum atomic E-state index is -0.548. The van der Waals surface area contributed by atoms with E-state index in [2.05, 4.69) is 38.6 Å². The fourth-order valence-corrected chi connectivity index (χ4v) is 4.05. The summed E-state index contributed by atoms with van der Waals surface area (Å²) in [6.45, 7) is 9.96. The number of hydrogen-bond donors (Lipinski definition) is 0. The maximum Gasteiger partial charge on any atom is 0.328 e. The average Bonchev–Trinajstić information content (AvgIpc) is 3.10. The van der Waals surface area contributed by atoms with Crippen LogP contribution in [0.3, 0.4) is 0 Å². The molecule has 0 bridgehead atoms. The molecule has 0 aliphatic carbocycles. The second kappa shape index (κ2) is 5.97. The van der Waals surface area contributed by atoms with E-state index in [1.54, 1.807) is 13.1 Å². The second-order valence-corrected chi connectivity index (χ2v) is 7.28. The first-order valence-corrected chi connectivity index (χ1v) is 8.95. The van der Waals surface area contributed by atoms with Gasteiger partial charge in [0.2, 0.25) is 5.96 Å². The number of urea groups is 1. The molecule has 1 aromatic rings. The molecule has 2 unspecified atom stereocenters. The predicted octanol–water partition coefficient (Wildman–Crippen LogP) is 2.43. The van der Waals surface area contributed by atoms with Crippen molar-refractivity contribution in [3.63, 3.8) is 0 Å². The Morgan fingerprint density at radius 2 is 1.81 bits per heavy atom. The minimum Gasteiger partial charge on any atom is -0.302 e. The molecular weight excluding hydrogens is 342 g/mol. The zero-order valence-corrected chi connectivity index (χ0v) is 16.0. The highest BCUT2D eigenvalue weighted by atomic mass is 16.2. The van der Waals surface area contributed by atoms with Gasteiger partial charge >= 0.3 is 6.03 Å². The SMILES string of the molecule is C=CCN1C(=O)C2C(N=C3N(c4cc(C)cc(C)c4)C(C)=CN32)N(C)C1=O. The highest BCUT2D eigenvalue weighted by Gasteiger charge is 2.54. The van der Waals surface area contributed by atoms with Crippen LogP contribution in [0.5, 0.6) is 0 Å². The van der Waals surface area contributed by atoms with Gasteiger partial charge in [-0.1, -0.05) is 12.1 Å². The zero-order valence-electron chi connectivity index (χ0n) is 16.0. The van der Waals surface area contributed by atoms with Crippen molar-refractivity contribution in [2.24, 2.45) is 4.99 Å². The molecule has 0 radical (unpaired) electrons. The first-order valence-electron chi connectivity index (χ1n) is 8.95. The summed E-state index contributed by atoms with van der Waals surface area (Å²) in [6.07, 6.45) is 2.97. The van der Waals surface area contributed by atoms with E-state index in [9.17, 15) is 9.59 Å². The minimum absolute atomic E-state index is 0.192. The number of amides is 3. The van der Waals surface area contributed by atoms with Crippen LogP contribution in [0.1, 0.15) is 18.1 Å². The first-order chi connectivity index (χ1) is 12.8. The van der Waals surface area contributed by atoms with Crippen molar-refractivity contribution < 1.29 is 9.59 Å². The molecule has 3 heterocycles. The standard InChI is InChI=1S/C20H23N5O2/c1-6-7-23-18(26)16-17(22(5)20(23)27)21-19-24(16)11-14(4)25(19)15-9-12(2)8-13(3)10-15/h6,8-11,16-17H,1,7H2,2-5H3. The van der Waals surface area contributed by atoms with E-state index in [0.29, 0.717) is 5.96 Å². The number of imide groups is 1. The molecule has 0 aromatic heterocycles. The smallest absolute Gasteiger partial charge is 0.302 e. The molecule has 7 nitrogen and oxygen atoms in total. The maximum atomic E-state index is 13.0. The van der Waals surface area contributed by atoms with E-state index >= 15 is 0 Å². The quantitative estimate of drug-likeness (QED) is 0.772. The molecular formula is C20H23N5O2. The van der Waals surface area contributed by atoms with Gasteiger partial charge in [0.05, 0.1) is 0 Å². The third kappa shape index (κ3) is 2.45. The molecule has 3 amide bonds.